The molecule has 0 fully saturated rings. The highest BCUT2D eigenvalue weighted by Gasteiger charge is 2.14. The maximum Gasteiger partial charge on any atom is 0.191 e. The van der Waals surface area contributed by atoms with Gasteiger partial charge in [-0.15, -0.1) is 45.5 Å². The van der Waals surface area contributed by atoms with Gasteiger partial charge in [-0.1, -0.05) is 13.3 Å². The van der Waals surface area contributed by atoms with Crippen LogP contribution in [0.25, 0.3) is 0 Å². The SMILES string of the molecule is CCc1ccc(CNC(=NC)NCCCc2nnc3n2CCCCC3)s1.I. The van der Waals surface area contributed by atoms with Gasteiger partial charge in [-0.3, -0.25) is 4.99 Å². The average molecular weight is 502 g/mol. The van der Waals surface area contributed by atoms with Gasteiger partial charge in [0.15, 0.2) is 5.96 Å². The number of nitrogens with zero attached hydrogens (tertiary/aromatic N) is 4. The molecule has 2 aromatic rings. The molecule has 2 N–H and O–H groups in total. The lowest BCUT2D eigenvalue weighted by molar-refractivity contribution is 0.594. The van der Waals surface area contributed by atoms with E-state index in [0.717, 1.165) is 57.1 Å². The van der Waals surface area contributed by atoms with Crippen LogP contribution in [0.5, 0.6) is 0 Å². The first-order valence-corrected chi connectivity index (χ1v) is 10.5. The molecule has 0 aliphatic carbocycles. The molecule has 0 aromatic carbocycles. The second-order valence-corrected chi connectivity index (χ2v) is 7.93. The molecule has 1 aliphatic heterocycles. The summed E-state index contributed by atoms with van der Waals surface area (Å²) in [6.45, 7) is 4.97. The van der Waals surface area contributed by atoms with Gasteiger partial charge in [0.05, 0.1) is 6.54 Å². The van der Waals surface area contributed by atoms with E-state index in [1.807, 2.05) is 18.4 Å². The van der Waals surface area contributed by atoms with E-state index < -0.39 is 0 Å². The van der Waals surface area contributed by atoms with Crippen molar-refractivity contribution >= 4 is 41.3 Å². The van der Waals surface area contributed by atoms with Gasteiger partial charge in [-0.25, -0.2) is 0 Å². The largest absolute Gasteiger partial charge is 0.356 e. The van der Waals surface area contributed by atoms with Gasteiger partial charge in [-0.2, -0.15) is 0 Å². The molecule has 0 spiro atoms. The fraction of sp³-hybridized carbons (Fsp3) is 0.632. The third-order valence-corrected chi connectivity index (χ3v) is 6.00. The van der Waals surface area contributed by atoms with Crippen molar-refractivity contribution in [3.63, 3.8) is 0 Å². The summed E-state index contributed by atoms with van der Waals surface area (Å²) in [6, 6.07) is 4.40. The zero-order chi connectivity index (χ0) is 18.2. The number of aliphatic imine (C=N–C) groups is 1. The number of hydrogen-bond donors (Lipinski definition) is 2. The number of hydrogen-bond acceptors (Lipinski definition) is 4. The molecule has 3 heterocycles. The Bertz CT molecular complexity index is 724. The van der Waals surface area contributed by atoms with Crippen molar-refractivity contribution in [3.05, 3.63) is 33.5 Å². The van der Waals surface area contributed by atoms with Crippen LogP contribution in [0, 0.1) is 0 Å². The Hall–Kier alpha value is -1.16. The summed E-state index contributed by atoms with van der Waals surface area (Å²) in [5, 5.41) is 15.6. The lowest BCUT2D eigenvalue weighted by atomic mass is 10.2. The first-order valence-electron chi connectivity index (χ1n) is 9.73. The maximum absolute atomic E-state index is 4.40. The number of nitrogens with one attached hydrogen (secondary N) is 2. The summed E-state index contributed by atoms with van der Waals surface area (Å²) in [6.07, 6.45) is 7.95. The average Bonchev–Trinajstić information content (AvgIpc) is 3.21. The maximum atomic E-state index is 4.40. The molecule has 8 heteroatoms. The number of fused-ring (bicyclic) bond motifs is 1. The van der Waals surface area contributed by atoms with Crippen molar-refractivity contribution in [1.82, 2.24) is 25.4 Å². The molecule has 0 amide bonds. The topological polar surface area (TPSA) is 67.1 Å². The molecule has 0 unspecified atom stereocenters. The molecular formula is C19H31IN6S. The summed E-state index contributed by atoms with van der Waals surface area (Å²) in [5.74, 6) is 3.17. The highest BCUT2D eigenvalue weighted by atomic mass is 127. The van der Waals surface area contributed by atoms with Crippen LogP contribution in [0.3, 0.4) is 0 Å². The molecule has 0 saturated carbocycles. The number of halogens is 1. The van der Waals surface area contributed by atoms with Gasteiger partial charge in [0.2, 0.25) is 0 Å². The van der Waals surface area contributed by atoms with Crippen molar-refractivity contribution < 1.29 is 0 Å². The number of aryl methyl sites for hydroxylation is 3. The first kappa shape index (κ1) is 22.1. The van der Waals surface area contributed by atoms with Gasteiger partial charge in [0, 0.05) is 42.7 Å². The summed E-state index contributed by atoms with van der Waals surface area (Å²) >= 11 is 1.86. The monoisotopic (exact) mass is 502 g/mol. The van der Waals surface area contributed by atoms with Crippen LogP contribution < -0.4 is 10.6 Å². The van der Waals surface area contributed by atoms with Gasteiger partial charge in [-0.05, 0) is 37.8 Å². The van der Waals surface area contributed by atoms with E-state index in [-0.39, 0.29) is 24.0 Å². The molecule has 27 heavy (non-hydrogen) atoms. The van der Waals surface area contributed by atoms with Gasteiger partial charge < -0.3 is 15.2 Å². The molecule has 0 atom stereocenters. The predicted molar refractivity (Wildman–Crippen MR) is 123 cm³/mol. The molecule has 6 nitrogen and oxygen atoms in total. The molecule has 150 valence electrons. The van der Waals surface area contributed by atoms with Crippen LogP contribution in [0.1, 0.15) is 54.0 Å². The van der Waals surface area contributed by atoms with Crippen molar-refractivity contribution in [3.8, 4) is 0 Å². The summed E-state index contributed by atoms with van der Waals surface area (Å²) < 4.78 is 2.34. The Labute approximate surface area is 183 Å². The molecule has 0 radical (unpaired) electrons. The van der Waals surface area contributed by atoms with E-state index in [9.17, 15) is 0 Å². The minimum Gasteiger partial charge on any atom is -0.356 e. The lowest BCUT2D eigenvalue weighted by Gasteiger charge is -2.11. The number of rotatable bonds is 7. The summed E-state index contributed by atoms with van der Waals surface area (Å²) in [5.41, 5.74) is 0. The van der Waals surface area contributed by atoms with Gasteiger partial charge >= 0.3 is 0 Å². The first-order chi connectivity index (χ1) is 12.8. The van der Waals surface area contributed by atoms with E-state index in [0.29, 0.717) is 0 Å². The van der Waals surface area contributed by atoms with Gasteiger partial charge in [0.25, 0.3) is 0 Å². The van der Waals surface area contributed by atoms with Crippen LogP contribution in [-0.4, -0.2) is 34.3 Å². The van der Waals surface area contributed by atoms with Crippen LogP contribution >= 0.6 is 35.3 Å². The number of aromatic nitrogens is 3. The summed E-state index contributed by atoms with van der Waals surface area (Å²) in [4.78, 5) is 7.08. The second kappa shape index (κ2) is 11.6. The fourth-order valence-corrected chi connectivity index (χ4v) is 4.18. The molecule has 0 bridgehead atoms. The minimum atomic E-state index is 0. The van der Waals surface area contributed by atoms with E-state index in [4.69, 9.17) is 0 Å². The molecule has 3 rings (SSSR count). The Morgan fingerprint density at radius 3 is 2.81 bits per heavy atom. The van der Waals surface area contributed by atoms with Crippen molar-refractivity contribution in [2.45, 2.75) is 65.0 Å². The normalized spacial score (nSPS) is 14.2. The highest BCUT2D eigenvalue weighted by molar-refractivity contribution is 14.0. The summed E-state index contributed by atoms with van der Waals surface area (Å²) in [7, 11) is 1.82. The molecule has 1 aliphatic rings. The Kier molecular flexibility index (Phi) is 9.53. The predicted octanol–water partition coefficient (Wildman–Crippen LogP) is 3.54. The van der Waals surface area contributed by atoms with Crippen LogP contribution in [0.2, 0.25) is 0 Å². The van der Waals surface area contributed by atoms with Crippen LogP contribution in [0.4, 0.5) is 0 Å². The van der Waals surface area contributed by atoms with Crippen molar-refractivity contribution in [1.29, 1.82) is 0 Å². The van der Waals surface area contributed by atoms with E-state index in [1.165, 1.54) is 34.8 Å². The third kappa shape index (κ3) is 6.44. The molecule has 2 aromatic heterocycles. The van der Waals surface area contributed by atoms with Crippen molar-refractivity contribution in [2.24, 2.45) is 4.99 Å². The zero-order valence-electron chi connectivity index (χ0n) is 16.3. The van der Waals surface area contributed by atoms with E-state index in [2.05, 4.69) is 49.4 Å². The van der Waals surface area contributed by atoms with Crippen LogP contribution in [-0.2, 0) is 32.4 Å². The third-order valence-electron chi connectivity index (χ3n) is 4.78. The Morgan fingerprint density at radius 1 is 1.19 bits per heavy atom. The zero-order valence-corrected chi connectivity index (χ0v) is 19.5. The molecular weight excluding hydrogens is 471 g/mol. The van der Waals surface area contributed by atoms with E-state index in [1.54, 1.807) is 0 Å². The highest BCUT2D eigenvalue weighted by Crippen LogP contribution is 2.16. The standard InChI is InChI=1S/C19H30N6S.HI/c1-3-15-10-11-16(26-15)14-22-19(20-2)21-12-7-9-18-24-23-17-8-5-4-6-13-25(17)18;/h10-11H,3-9,12-14H2,1-2H3,(H2,20,21,22);1H. The molecule has 0 saturated heterocycles. The Morgan fingerprint density at radius 2 is 2.04 bits per heavy atom. The fourth-order valence-electron chi connectivity index (χ4n) is 3.28. The number of thiophene rings is 1. The Balaban J connectivity index is 0.00000261. The second-order valence-electron chi connectivity index (χ2n) is 6.67. The van der Waals surface area contributed by atoms with Crippen LogP contribution in [0.15, 0.2) is 17.1 Å². The number of guanidine groups is 1. The lowest BCUT2D eigenvalue weighted by Crippen LogP contribution is -2.37. The van der Waals surface area contributed by atoms with Crippen molar-refractivity contribution in [2.75, 3.05) is 13.6 Å². The quantitative estimate of drug-likeness (QED) is 0.263. The van der Waals surface area contributed by atoms with E-state index >= 15 is 0 Å². The minimum absolute atomic E-state index is 0. The smallest absolute Gasteiger partial charge is 0.191 e. The van der Waals surface area contributed by atoms with Gasteiger partial charge in [0.1, 0.15) is 11.6 Å².